The Kier molecular flexibility index (Phi) is 9.81. The smallest absolute Gasteiger partial charge is 0.203 e. The van der Waals surface area contributed by atoms with Gasteiger partial charge in [0.25, 0.3) is 0 Å². The highest BCUT2D eigenvalue weighted by Crippen LogP contribution is 2.40. The molecule has 1 N–H and O–H groups in total. The third-order valence-electron chi connectivity index (χ3n) is 6.51. The Morgan fingerprint density at radius 1 is 0.714 bits per heavy atom. The van der Waals surface area contributed by atoms with E-state index in [0.717, 1.165) is 31.7 Å². The summed E-state index contributed by atoms with van der Waals surface area (Å²) in [5.41, 5.74) is 3.36. The van der Waals surface area contributed by atoms with Crippen LogP contribution in [0.1, 0.15) is 28.8 Å². The van der Waals surface area contributed by atoms with Crippen molar-refractivity contribution >= 4 is 12.4 Å². The molecule has 6 nitrogen and oxygen atoms in total. The number of nitrogens with zero attached hydrogens (tertiary/aromatic N) is 2. The molecule has 0 bridgehead atoms. The molecule has 0 radical (unpaired) electrons. The molecule has 1 unspecified atom stereocenters. The lowest BCUT2D eigenvalue weighted by molar-refractivity contribution is 0.0621. The minimum absolute atomic E-state index is 0. The zero-order valence-corrected chi connectivity index (χ0v) is 21.4. The largest absolute Gasteiger partial charge is 0.493 e. The maximum atomic E-state index is 11.0. The number of methoxy groups -OCH3 is 3. The standard InChI is InChI=1S/C28H34N2O4.ClH/c1-32-25-18-23(19-26(33-2)28(25)34-3)24(31)20-29-14-16-30(17-15-29)27(21-10-6-4-7-11-21)22-12-8-5-9-13-22;/h4-13,18-19,24,27,31H,14-17,20H2,1-3H3;1H. The summed E-state index contributed by atoms with van der Waals surface area (Å²) in [4.78, 5) is 4.85. The van der Waals surface area contributed by atoms with Crippen molar-refractivity contribution in [3.05, 3.63) is 89.5 Å². The normalized spacial score (nSPS) is 15.3. The van der Waals surface area contributed by atoms with Gasteiger partial charge in [-0.25, -0.2) is 0 Å². The average molecular weight is 499 g/mol. The zero-order valence-electron chi connectivity index (χ0n) is 20.6. The van der Waals surface area contributed by atoms with E-state index in [-0.39, 0.29) is 18.4 Å². The van der Waals surface area contributed by atoms with Crippen LogP contribution in [0.15, 0.2) is 72.8 Å². The average Bonchev–Trinajstić information content (AvgIpc) is 2.90. The maximum absolute atomic E-state index is 11.0. The van der Waals surface area contributed by atoms with Crippen molar-refractivity contribution in [2.75, 3.05) is 54.1 Å². The highest BCUT2D eigenvalue weighted by molar-refractivity contribution is 5.85. The topological polar surface area (TPSA) is 54.4 Å². The zero-order chi connectivity index (χ0) is 23.9. The molecule has 0 aliphatic carbocycles. The summed E-state index contributed by atoms with van der Waals surface area (Å²) in [7, 11) is 4.75. The summed E-state index contributed by atoms with van der Waals surface area (Å²) in [5, 5.41) is 11.0. The molecule has 188 valence electrons. The van der Waals surface area contributed by atoms with Crippen LogP contribution in [0.25, 0.3) is 0 Å². The predicted octanol–water partition coefficient (Wildman–Crippen LogP) is 4.57. The number of ether oxygens (including phenoxy) is 3. The van der Waals surface area contributed by atoms with E-state index in [9.17, 15) is 5.11 Å². The number of rotatable bonds is 9. The van der Waals surface area contributed by atoms with Gasteiger partial charge in [-0.2, -0.15) is 0 Å². The number of aliphatic hydroxyl groups is 1. The SMILES string of the molecule is COc1cc(C(O)CN2CCN(C(c3ccccc3)c3ccccc3)CC2)cc(OC)c1OC.Cl. The molecule has 0 spiro atoms. The highest BCUT2D eigenvalue weighted by atomic mass is 35.5. The maximum Gasteiger partial charge on any atom is 0.203 e. The Labute approximate surface area is 214 Å². The monoisotopic (exact) mass is 498 g/mol. The van der Waals surface area contributed by atoms with Crippen molar-refractivity contribution in [1.82, 2.24) is 9.80 Å². The molecular weight excluding hydrogens is 464 g/mol. The Morgan fingerprint density at radius 3 is 1.63 bits per heavy atom. The van der Waals surface area contributed by atoms with E-state index in [1.54, 1.807) is 21.3 Å². The first-order valence-corrected chi connectivity index (χ1v) is 11.7. The van der Waals surface area contributed by atoms with Crippen LogP contribution in [0.5, 0.6) is 17.2 Å². The van der Waals surface area contributed by atoms with Crippen LogP contribution in [0.2, 0.25) is 0 Å². The molecule has 1 fully saturated rings. The van der Waals surface area contributed by atoms with E-state index in [1.165, 1.54) is 11.1 Å². The van der Waals surface area contributed by atoms with Gasteiger partial charge in [0.2, 0.25) is 5.75 Å². The molecule has 0 aromatic heterocycles. The number of aliphatic hydroxyl groups excluding tert-OH is 1. The molecule has 3 aromatic carbocycles. The third kappa shape index (κ3) is 6.27. The van der Waals surface area contributed by atoms with Crippen LogP contribution < -0.4 is 14.2 Å². The first-order chi connectivity index (χ1) is 16.6. The van der Waals surface area contributed by atoms with Crippen molar-refractivity contribution < 1.29 is 19.3 Å². The second kappa shape index (κ2) is 12.8. The Balaban J connectivity index is 0.00000342. The lowest BCUT2D eigenvalue weighted by atomic mass is 9.96. The van der Waals surface area contributed by atoms with Gasteiger partial charge in [-0.05, 0) is 28.8 Å². The lowest BCUT2D eigenvalue weighted by Crippen LogP contribution is -2.48. The van der Waals surface area contributed by atoms with Crippen molar-refractivity contribution in [3.8, 4) is 17.2 Å². The van der Waals surface area contributed by atoms with E-state index >= 15 is 0 Å². The van der Waals surface area contributed by atoms with E-state index in [0.29, 0.717) is 23.8 Å². The fraction of sp³-hybridized carbons (Fsp3) is 0.357. The number of halogens is 1. The van der Waals surface area contributed by atoms with E-state index in [1.807, 2.05) is 12.1 Å². The molecule has 3 aromatic rings. The van der Waals surface area contributed by atoms with Crippen LogP contribution in [0, 0.1) is 0 Å². The number of hydrogen-bond donors (Lipinski definition) is 1. The second-order valence-corrected chi connectivity index (χ2v) is 8.53. The summed E-state index contributed by atoms with van der Waals surface area (Å²) < 4.78 is 16.3. The fourth-order valence-corrected chi connectivity index (χ4v) is 4.73. The van der Waals surface area contributed by atoms with Crippen molar-refractivity contribution in [1.29, 1.82) is 0 Å². The molecule has 35 heavy (non-hydrogen) atoms. The van der Waals surface area contributed by atoms with Crippen LogP contribution in [0.4, 0.5) is 0 Å². The van der Waals surface area contributed by atoms with Gasteiger partial charge in [0.15, 0.2) is 11.5 Å². The highest BCUT2D eigenvalue weighted by Gasteiger charge is 2.27. The van der Waals surface area contributed by atoms with Crippen molar-refractivity contribution in [3.63, 3.8) is 0 Å². The van der Waals surface area contributed by atoms with Crippen molar-refractivity contribution in [2.24, 2.45) is 0 Å². The first kappa shape index (κ1) is 26.8. The lowest BCUT2D eigenvalue weighted by Gasteiger charge is -2.40. The van der Waals surface area contributed by atoms with Gasteiger partial charge in [-0.15, -0.1) is 12.4 Å². The Hall–Kier alpha value is -2.77. The summed E-state index contributed by atoms with van der Waals surface area (Å²) in [6.07, 6.45) is -0.653. The Morgan fingerprint density at radius 2 is 1.20 bits per heavy atom. The minimum atomic E-state index is -0.653. The molecular formula is C28H35ClN2O4. The van der Waals surface area contributed by atoms with Gasteiger partial charge in [-0.1, -0.05) is 60.7 Å². The number of hydrogen-bond acceptors (Lipinski definition) is 6. The number of piperazine rings is 1. The molecule has 0 amide bonds. The molecule has 1 saturated heterocycles. The minimum Gasteiger partial charge on any atom is -0.493 e. The van der Waals surface area contributed by atoms with Crippen LogP contribution in [-0.2, 0) is 0 Å². The number of benzene rings is 3. The summed E-state index contributed by atoms with van der Waals surface area (Å²) in [5.74, 6) is 1.63. The third-order valence-corrected chi connectivity index (χ3v) is 6.51. The van der Waals surface area contributed by atoms with Crippen LogP contribution >= 0.6 is 12.4 Å². The molecule has 7 heteroatoms. The van der Waals surface area contributed by atoms with E-state index in [2.05, 4.69) is 70.5 Å². The summed E-state index contributed by atoms with van der Waals surface area (Å²) in [6.45, 7) is 4.18. The van der Waals surface area contributed by atoms with Gasteiger partial charge < -0.3 is 19.3 Å². The van der Waals surface area contributed by atoms with E-state index < -0.39 is 6.10 Å². The van der Waals surface area contributed by atoms with Crippen LogP contribution in [0.3, 0.4) is 0 Å². The molecule has 1 aliphatic rings. The summed E-state index contributed by atoms with van der Waals surface area (Å²) in [6, 6.07) is 25.3. The van der Waals surface area contributed by atoms with Crippen LogP contribution in [-0.4, -0.2) is 69.0 Å². The predicted molar refractivity (Wildman–Crippen MR) is 141 cm³/mol. The Bertz CT molecular complexity index is 979. The quantitative estimate of drug-likeness (QED) is 0.466. The molecule has 0 saturated carbocycles. The molecule has 1 aliphatic heterocycles. The molecule has 1 heterocycles. The van der Waals surface area contributed by atoms with Gasteiger partial charge >= 0.3 is 0 Å². The molecule has 4 rings (SSSR count). The van der Waals surface area contributed by atoms with Gasteiger partial charge in [0, 0.05) is 32.7 Å². The van der Waals surface area contributed by atoms with Crippen molar-refractivity contribution in [2.45, 2.75) is 12.1 Å². The van der Waals surface area contributed by atoms with Gasteiger partial charge in [0.1, 0.15) is 0 Å². The second-order valence-electron chi connectivity index (χ2n) is 8.53. The summed E-state index contributed by atoms with van der Waals surface area (Å²) >= 11 is 0. The number of β-amino-alcohol motifs (C(OH)–C–C–N with tert-alkyl or cyclic N) is 1. The van der Waals surface area contributed by atoms with Gasteiger partial charge in [-0.3, -0.25) is 9.80 Å². The fourth-order valence-electron chi connectivity index (χ4n) is 4.73. The van der Waals surface area contributed by atoms with E-state index in [4.69, 9.17) is 14.2 Å². The first-order valence-electron chi connectivity index (χ1n) is 11.7. The molecule has 1 atom stereocenters. The van der Waals surface area contributed by atoms with Gasteiger partial charge in [0.05, 0.1) is 33.5 Å².